The maximum absolute atomic E-state index is 2.54. The Balaban J connectivity index is 3.88. The van der Waals surface area contributed by atoms with E-state index in [-0.39, 0.29) is 0 Å². The zero-order valence-corrected chi connectivity index (χ0v) is 28.9. The molecule has 0 aliphatic carbocycles. The standard InChI is InChI=1S/C38H78/c1-11-12-13-14-15-16-17-29-37(7,8)30-21-31-38(9,10)32-28-36(6)27-20-26-35(5)25-19-24-34(4)23-18-22-33(2)3/h33-36H,11-32H2,1-10H3. The van der Waals surface area contributed by atoms with Gasteiger partial charge in [-0.1, -0.05) is 185 Å². The summed E-state index contributed by atoms with van der Waals surface area (Å²) in [6, 6.07) is 0. The molecule has 0 heterocycles. The smallest absolute Gasteiger partial charge is 0.0354 e. The van der Waals surface area contributed by atoms with Crippen LogP contribution < -0.4 is 0 Å². The fourth-order valence-electron chi connectivity index (χ4n) is 6.43. The minimum absolute atomic E-state index is 0.517. The SMILES string of the molecule is CCCCCCCCCC(C)(C)CCCC(C)(C)CCC(C)CCCC(C)CCCC(C)CCCC(C)C. The molecule has 0 nitrogen and oxygen atoms in total. The van der Waals surface area contributed by atoms with Crippen molar-refractivity contribution in [3.8, 4) is 0 Å². The van der Waals surface area contributed by atoms with Crippen molar-refractivity contribution in [2.45, 2.75) is 210 Å². The first-order chi connectivity index (χ1) is 17.9. The van der Waals surface area contributed by atoms with Crippen LogP contribution in [0.15, 0.2) is 0 Å². The van der Waals surface area contributed by atoms with E-state index in [1.165, 1.54) is 141 Å². The highest BCUT2D eigenvalue weighted by molar-refractivity contribution is 4.74. The Morgan fingerprint density at radius 3 is 1.21 bits per heavy atom. The first kappa shape index (κ1) is 38.0. The van der Waals surface area contributed by atoms with Crippen LogP contribution in [0.1, 0.15) is 210 Å². The third-order valence-corrected chi connectivity index (χ3v) is 9.74. The van der Waals surface area contributed by atoms with Crippen LogP contribution in [0.3, 0.4) is 0 Å². The monoisotopic (exact) mass is 535 g/mol. The molecule has 0 aliphatic rings. The molecule has 230 valence electrons. The predicted molar refractivity (Wildman–Crippen MR) is 177 cm³/mol. The van der Waals surface area contributed by atoms with Crippen LogP contribution >= 0.6 is 0 Å². The second-order valence-corrected chi connectivity index (χ2v) is 16.1. The van der Waals surface area contributed by atoms with E-state index < -0.39 is 0 Å². The van der Waals surface area contributed by atoms with Crippen molar-refractivity contribution in [3.05, 3.63) is 0 Å². The highest BCUT2D eigenvalue weighted by atomic mass is 14.3. The van der Waals surface area contributed by atoms with E-state index in [0.717, 1.165) is 23.7 Å². The normalized spacial score (nSPS) is 15.2. The molecule has 0 saturated heterocycles. The second kappa shape index (κ2) is 22.7. The maximum Gasteiger partial charge on any atom is -0.0354 e. The Labute approximate surface area is 244 Å². The summed E-state index contributed by atoms with van der Waals surface area (Å²) in [5.41, 5.74) is 1.05. The first-order valence-corrected chi connectivity index (χ1v) is 17.9. The highest BCUT2D eigenvalue weighted by Gasteiger charge is 2.22. The lowest BCUT2D eigenvalue weighted by atomic mass is 9.76. The van der Waals surface area contributed by atoms with E-state index in [1.807, 2.05) is 0 Å². The molecule has 0 saturated carbocycles. The molecule has 0 radical (unpaired) electrons. The molecule has 38 heavy (non-hydrogen) atoms. The van der Waals surface area contributed by atoms with Crippen molar-refractivity contribution in [2.75, 3.05) is 0 Å². The van der Waals surface area contributed by atoms with E-state index in [9.17, 15) is 0 Å². The van der Waals surface area contributed by atoms with Crippen molar-refractivity contribution in [1.29, 1.82) is 0 Å². The summed E-state index contributed by atoms with van der Waals surface area (Å²) in [6.07, 6.45) is 31.5. The molecule has 0 aromatic rings. The molecule has 0 N–H and O–H groups in total. The zero-order valence-electron chi connectivity index (χ0n) is 28.9. The summed E-state index contributed by atoms with van der Waals surface area (Å²) in [4.78, 5) is 0. The highest BCUT2D eigenvalue weighted by Crippen LogP contribution is 2.36. The lowest BCUT2D eigenvalue weighted by Crippen LogP contribution is -2.16. The molecule has 0 aliphatic heterocycles. The Morgan fingerprint density at radius 2 is 0.737 bits per heavy atom. The maximum atomic E-state index is 2.54. The van der Waals surface area contributed by atoms with Crippen LogP contribution in [0, 0.1) is 34.5 Å². The number of hydrogen-bond donors (Lipinski definition) is 0. The first-order valence-electron chi connectivity index (χ1n) is 17.9. The second-order valence-electron chi connectivity index (χ2n) is 16.1. The molecule has 0 aromatic heterocycles. The average Bonchev–Trinajstić information content (AvgIpc) is 2.81. The van der Waals surface area contributed by atoms with Crippen molar-refractivity contribution in [1.82, 2.24) is 0 Å². The van der Waals surface area contributed by atoms with Crippen LogP contribution in [0.25, 0.3) is 0 Å². The molecule has 3 unspecified atom stereocenters. The molecular weight excluding hydrogens is 456 g/mol. The molecule has 3 atom stereocenters. The largest absolute Gasteiger partial charge is 0.0654 e. The van der Waals surface area contributed by atoms with E-state index in [4.69, 9.17) is 0 Å². The zero-order chi connectivity index (χ0) is 28.9. The van der Waals surface area contributed by atoms with Gasteiger partial charge in [0.1, 0.15) is 0 Å². The quantitative estimate of drug-likeness (QED) is 0.0919. The van der Waals surface area contributed by atoms with Gasteiger partial charge in [0.15, 0.2) is 0 Å². The van der Waals surface area contributed by atoms with Gasteiger partial charge in [-0.3, -0.25) is 0 Å². The summed E-state index contributed by atoms with van der Waals surface area (Å²) in [5.74, 6) is 3.63. The van der Waals surface area contributed by atoms with Gasteiger partial charge in [-0.2, -0.15) is 0 Å². The fourth-order valence-corrected chi connectivity index (χ4v) is 6.43. The number of hydrogen-bond acceptors (Lipinski definition) is 0. The van der Waals surface area contributed by atoms with Gasteiger partial charge in [-0.15, -0.1) is 0 Å². The summed E-state index contributed by atoms with van der Waals surface area (Å²) in [7, 11) is 0. The van der Waals surface area contributed by atoms with Gasteiger partial charge in [-0.25, -0.2) is 0 Å². The van der Waals surface area contributed by atoms with E-state index in [0.29, 0.717) is 10.8 Å². The molecule has 0 fully saturated rings. The third-order valence-electron chi connectivity index (χ3n) is 9.74. The summed E-state index contributed by atoms with van der Waals surface area (Å²) >= 11 is 0. The molecular formula is C38H78. The Bertz CT molecular complexity index is 498. The summed E-state index contributed by atoms with van der Waals surface area (Å²) in [6.45, 7) is 24.6. The topological polar surface area (TPSA) is 0 Å². The Kier molecular flexibility index (Phi) is 22.7. The Morgan fingerprint density at radius 1 is 0.368 bits per heavy atom. The van der Waals surface area contributed by atoms with Gasteiger partial charge in [0.25, 0.3) is 0 Å². The minimum atomic E-state index is 0.517. The summed E-state index contributed by atoms with van der Waals surface area (Å²) < 4.78 is 0. The van der Waals surface area contributed by atoms with Crippen molar-refractivity contribution >= 4 is 0 Å². The lowest BCUT2D eigenvalue weighted by Gasteiger charge is -2.30. The summed E-state index contributed by atoms with van der Waals surface area (Å²) in [5, 5.41) is 0. The van der Waals surface area contributed by atoms with Crippen LogP contribution in [0.2, 0.25) is 0 Å². The molecule has 0 rings (SSSR count). The van der Waals surface area contributed by atoms with Gasteiger partial charge in [0.05, 0.1) is 0 Å². The van der Waals surface area contributed by atoms with Gasteiger partial charge in [0.2, 0.25) is 0 Å². The van der Waals surface area contributed by atoms with E-state index >= 15 is 0 Å². The van der Waals surface area contributed by atoms with Crippen LogP contribution in [-0.4, -0.2) is 0 Å². The molecule has 0 amide bonds. The van der Waals surface area contributed by atoms with Gasteiger partial charge >= 0.3 is 0 Å². The third kappa shape index (κ3) is 25.0. The van der Waals surface area contributed by atoms with Crippen LogP contribution in [0.5, 0.6) is 0 Å². The lowest BCUT2D eigenvalue weighted by molar-refractivity contribution is 0.226. The number of rotatable bonds is 27. The molecule has 0 spiro atoms. The van der Waals surface area contributed by atoms with Crippen LogP contribution in [-0.2, 0) is 0 Å². The van der Waals surface area contributed by atoms with Crippen molar-refractivity contribution in [2.24, 2.45) is 34.5 Å². The van der Waals surface area contributed by atoms with E-state index in [1.54, 1.807) is 0 Å². The van der Waals surface area contributed by atoms with Gasteiger partial charge in [0, 0.05) is 0 Å². The molecule has 0 aromatic carbocycles. The molecule has 0 heteroatoms. The predicted octanol–water partition coefficient (Wildman–Crippen LogP) is 14.2. The number of unbranched alkanes of at least 4 members (excludes halogenated alkanes) is 6. The van der Waals surface area contributed by atoms with Gasteiger partial charge in [-0.05, 0) is 60.2 Å². The van der Waals surface area contributed by atoms with Crippen molar-refractivity contribution < 1.29 is 0 Å². The van der Waals surface area contributed by atoms with Gasteiger partial charge < -0.3 is 0 Å². The van der Waals surface area contributed by atoms with Crippen molar-refractivity contribution in [3.63, 3.8) is 0 Å². The van der Waals surface area contributed by atoms with Crippen LogP contribution in [0.4, 0.5) is 0 Å². The Hall–Kier alpha value is 0. The average molecular weight is 535 g/mol. The fraction of sp³-hybridized carbons (Fsp3) is 1.00. The molecule has 0 bridgehead atoms. The minimum Gasteiger partial charge on any atom is -0.0654 e. The van der Waals surface area contributed by atoms with E-state index in [2.05, 4.69) is 69.2 Å².